The number of amides is 2. The van der Waals surface area contributed by atoms with Gasteiger partial charge in [-0.15, -0.1) is 0 Å². The van der Waals surface area contributed by atoms with Crippen molar-refractivity contribution in [3.63, 3.8) is 0 Å². The molecule has 2 amide bonds. The molecule has 0 aromatic heterocycles. The minimum absolute atomic E-state index is 0.0138. The molecule has 2 atom stereocenters. The summed E-state index contributed by atoms with van der Waals surface area (Å²) in [4.78, 5) is 37.8. The van der Waals surface area contributed by atoms with Gasteiger partial charge in [0.15, 0.2) is 5.60 Å². The molecule has 3 aliphatic rings. The lowest BCUT2D eigenvalue weighted by Gasteiger charge is -2.23. The second-order valence-electron chi connectivity index (χ2n) is 9.11. The van der Waals surface area contributed by atoms with E-state index in [4.69, 9.17) is 14.2 Å². The van der Waals surface area contributed by atoms with Crippen molar-refractivity contribution in [1.29, 1.82) is 0 Å². The number of ether oxygens (including phenoxy) is 3. The fourth-order valence-corrected chi connectivity index (χ4v) is 5.38. The Hall–Kier alpha value is -3.43. The van der Waals surface area contributed by atoms with Crippen LogP contribution in [0.1, 0.15) is 23.5 Å². The van der Waals surface area contributed by atoms with Gasteiger partial charge in [0.1, 0.15) is 13.2 Å². The van der Waals surface area contributed by atoms with E-state index in [-0.39, 0.29) is 50.7 Å². The van der Waals surface area contributed by atoms with Gasteiger partial charge in [-0.3, -0.25) is 4.79 Å². The van der Waals surface area contributed by atoms with Crippen LogP contribution < -0.4 is 5.32 Å². The standard InChI is InChI=1S/C26H28N2O7/c29-23(28-13-17-9-11-35-26(17,16-28)24(30)31)15-33-12-10-27-25(32)34-14-22-20-7-3-1-5-18(20)19-6-2-4-8-21(19)22/h1-8,17,22H,9-16H2,(H,27,32)(H,30,31). The number of fused-ring (bicyclic) bond motifs is 4. The van der Waals surface area contributed by atoms with E-state index in [2.05, 4.69) is 29.6 Å². The predicted octanol–water partition coefficient (Wildman–Crippen LogP) is 2.24. The number of nitrogens with one attached hydrogen (secondary N) is 1. The van der Waals surface area contributed by atoms with Gasteiger partial charge in [0.25, 0.3) is 0 Å². The zero-order valence-electron chi connectivity index (χ0n) is 19.3. The van der Waals surface area contributed by atoms with E-state index in [1.54, 1.807) is 0 Å². The van der Waals surface area contributed by atoms with Crippen molar-refractivity contribution in [2.75, 3.05) is 46.1 Å². The fourth-order valence-electron chi connectivity index (χ4n) is 5.38. The number of carboxylic acids is 1. The molecule has 0 saturated carbocycles. The second kappa shape index (κ2) is 9.67. The van der Waals surface area contributed by atoms with Crippen LogP contribution in [0.4, 0.5) is 4.79 Å². The first kappa shape index (κ1) is 23.3. The number of carbonyl (C=O) groups is 3. The SMILES string of the molecule is O=C(NCCOCC(=O)N1CC2CCOC2(C(=O)O)C1)OCC1c2ccccc2-c2ccccc21. The van der Waals surface area contributed by atoms with Gasteiger partial charge >= 0.3 is 12.1 Å². The summed E-state index contributed by atoms with van der Waals surface area (Å²) in [6.07, 6.45) is 0.0794. The average Bonchev–Trinajstić information content (AvgIpc) is 3.52. The summed E-state index contributed by atoms with van der Waals surface area (Å²) in [5.41, 5.74) is 3.32. The van der Waals surface area contributed by atoms with Crippen LogP contribution in [0.25, 0.3) is 11.1 Å². The number of hydrogen-bond acceptors (Lipinski definition) is 6. The number of aliphatic carboxylic acids is 1. The molecule has 1 aliphatic carbocycles. The molecule has 9 heteroatoms. The lowest BCUT2D eigenvalue weighted by Crippen LogP contribution is -2.46. The maximum absolute atomic E-state index is 12.4. The smallest absolute Gasteiger partial charge is 0.407 e. The molecular formula is C26H28N2O7. The molecule has 2 heterocycles. The van der Waals surface area contributed by atoms with E-state index in [1.165, 1.54) is 4.90 Å². The monoisotopic (exact) mass is 480 g/mol. The number of benzene rings is 2. The predicted molar refractivity (Wildman–Crippen MR) is 125 cm³/mol. The van der Waals surface area contributed by atoms with Crippen molar-refractivity contribution in [3.8, 4) is 11.1 Å². The Bertz CT molecular complexity index is 1090. The van der Waals surface area contributed by atoms with E-state index in [0.29, 0.717) is 19.6 Å². The van der Waals surface area contributed by atoms with E-state index < -0.39 is 17.7 Å². The van der Waals surface area contributed by atoms with Gasteiger partial charge in [-0.05, 0) is 28.7 Å². The number of alkyl carbamates (subject to hydrolysis) is 1. The number of carboxylic acid groups (broad SMARTS) is 1. The maximum atomic E-state index is 12.4. The zero-order valence-corrected chi connectivity index (χ0v) is 19.3. The van der Waals surface area contributed by atoms with Crippen molar-refractivity contribution in [2.24, 2.45) is 5.92 Å². The number of hydrogen-bond donors (Lipinski definition) is 2. The van der Waals surface area contributed by atoms with Gasteiger partial charge in [0, 0.05) is 31.5 Å². The largest absolute Gasteiger partial charge is 0.479 e. The third-order valence-corrected chi connectivity index (χ3v) is 7.15. The van der Waals surface area contributed by atoms with Gasteiger partial charge in [0.2, 0.25) is 5.91 Å². The molecule has 2 saturated heterocycles. The minimum atomic E-state index is -1.29. The van der Waals surface area contributed by atoms with Crippen LogP contribution in [0.2, 0.25) is 0 Å². The molecule has 9 nitrogen and oxygen atoms in total. The van der Waals surface area contributed by atoms with E-state index in [1.807, 2.05) is 24.3 Å². The summed E-state index contributed by atoms with van der Waals surface area (Å²) < 4.78 is 16.3. The molecule has 2 aliphatic heterocycles. The highest BCUT2D eigenvalue weighted by molar-refractivity contribution is 5.84. The summed E-state index contributed by atoms with van der Waals surface area (Å²) in [6, 6.07) is 16.3. The molecule has 184 valence electrons. The normalized spacial score (nSPS) is 22.4. The van der Waals surface area contributed by atoms with Crippen LogP contribution in [0, 0.1) is 5.92 Å². The summed E-state index contributed by atoms with van der Waals surface area (Å²) in [6.45, 7) is 1.15. The topological polar surface area (TPSA) is 114 Å². The van der Waals surface area contributed by atoms with Crippen LogP contribution >= 0.6 is 0 Å². The summed E-state index contributed by atoms with van der Waals surface area (Å²) >= 11 is 0. The third-order valence-electron chi connectivity index (χ3n) is 7.15. The van der Waals surface area contributed by atoms with Crippen LogP contribution in [0.15, 0.2) is 48.5 Å². The van der Waals surface area contributed by atoms with Crippen molar-refractivity contribution in [3.05, 3.63) is 59.7 Å². The van der Waals surface area contributed by atoms with Crippen molar-refractivity contribution in [2.45, 2.75) is 17.9 Å². The lowest BCUT2D eigenvalue weighted by atomic mass is 9.91. The molecule has 0 radical (unpaired) electrons. The Morgan fingerprint density at radius 3 is 2.43 bits per heavy atom. The van der Waals surface area contributed by atoms with Gasteiger partial charge in [-0.25, -0.2) is 9.59 Å². The number of carbonyl (C=O) groups excluding carboxylic acids is 2. The quantitative estimate of drug-likeness (QED) is 0.557. The molecule has 5 rings (SSSR count). The first-order valence-corrected chi connectivity index (χ1v) is 11.8. The molecule has 2 unspecified atom stereocenters. The average molecular weight is 481 g/mol. The number of likely N-dealkylation sites (tertiary alicyclic amines) is 1. The van der Waals surface area contributed by atoms with Gasteiger partial charge in [-0.1, -0.05) is 48.5 Å². The highest BCUT2D eigenvalue weighted by Crippen LogP contribution is 2.44. The molecule has 2 aromatic rings. The van der Waals surface area contributed by atoms with Gasteiger partial charge < -0.3 is 29.5 Å². The van der Waals surface area contributed by atoms with Crippen LogP contribution in [-0.2, 0) is 23.8 Å². The first-order valence-electron chi connectivity index (χ1n) is 11.8. The molecule has 2 N–H and O–H groups in total. The van der Waals surface area contributed by atoms with Crippen molar-refractivity contribution < 1.29 is 33.7 Å². The van der Waals surface area contributed by atoms with Crippen molar-refractivity contribution >= 4 is 18.0 Å². The fraction of sp³-hybridized carbons (Fsp3) is 0.423. The molecule has 2 aromatic carbocycles. The molecular weight excluding hydrogens is 452 g/mol. The summed E-state index contributed by atoms with van der Waals surface area (Å²) in [5, 5.41) is 12.2. The Morgan fingerprint density at radius 2 is 1.77 bits per heavy atom. The Morgan fingerprint density at radius 1 is 1.09 bits per heavy atom. The van der Waals surface area contributed by atoms with Gasteiger partial charge in [-0.2, -0.15) is 0 Å². The number of rotatable bonds is 8. The second-order valence-corrected chi connectivity index (χ2v) is 9.11. The summed E-state index contributed by atoms with van der Waals surface area (Å²) in [7, 11) is 0. The van der Waals surface area contributed by atoms with Crippen LogP contribution in [-0.4, -0.2) is 79.6 Å². The Labute approximate surface area is 203 Å². The molecule has 35 heavy (non-hydrogen) atoms. The number of nitrogens with zero attached hydrogens (tertiary/aromatic N) is 1. The highest BCUT2D eigenvalue weighted by atomic mass is 16.6. The zero-order chi connectivity index (χ0) is 24.4. The molecule has 0 bridgehead atoms. The minimum Gasteiger partial charge on any atom is -0.479 e. The maximum Gasteiger partial charge on any atom is 0.407 e. The van der Waals surface area contributed by atoms with E-state index in [0.717, 1.165) is 22.3 Å². The first-order chi connectivity index (χ1) is 17.0. The van der Waals surface area contributed by atoms with Gasteiger partial charge in [0.05, 0.1) is 13.2 Å². The highest BCUT2D eigenvalue weighted by Gasteiger charge is 2.57. The Balaban J connectivity index is 1.03. The molecule has 2 fully saturated rings. The molecule has 0 spiro atoms. The van der Waals surface area contributed by atoms with E-state index >= 15 is 0 Å². The summed E-state index contributed by atoms with van der Waals surface area (Å²) in [5.74, 6) is -1.52. The van der Waals surface area contributed by atoms with E-state index in [9.17, 15) is 19.5 Å². The van der Waals surface area contributed by atoms with Crippen molar-refractivity contribution in [1.82, 2.24) is 10.2 Å². The Kier molecular flexibility index (Phi) is 6.44. The van der Waals surface area contributed by atoms with Crippen LogP contribution in [0.5, 0.6) is 0 Å². The third kappa shape index (κ3) is 4.37. The van der Waals surface area contributed by atoms with Crippen LogP contribution in [0.3, 0.4) is 0 Å². The lowest BCUT2D eigenvalue weighted by molar-refractivity contribution is -0.161.